The molecule has 0 aliphatic carbocycles. The molecule has 0 atom stereocenters. The SMILES string of the molecule is NS(=O)(=O)Nc1ccc(-c2ccc(C(F)(F)F)cc2)c(Cl)c1. The number of hydrogen-bond donors (Lipinski definition) is 2. The fraction of sp³-hybridized carbons (Fsp3) is 0.0769. The minimum atomic E-state index is -4.41. The van der Waals surface area contributed by atoms with E-state index in [4.69, 9.17) is 16.7 Å². The lowest BCUT2D eigenvalue weighted by atomic mass is 10.0. The van der Waals surface area contributed by atoms with Crippen molar-refractivity contribution in [1.82, 2.24) is 0 Å². The smallest absolute Gasteiger partial charge is 0.271 e. The molecule has 0 unspecified atom stereocenters. The van der Waals surface area contributed by atoms with Crippen LogP contribution in [0.2, 0.25) is 5.02 Å². The summed E-state index contributed by atoms with van der Waals surface area (Å²) >= 11 is 6.02. The van der Waals surface area contributed by atoms with Gasteiger partial charge in [-0.1, -0.05) is 29.8 Å². The molecule has 0 amide bonds. The topological polar surface area (TPSA) is 72.2 Å². The first-order valence-electron chi connectivity index (χ1n) is 5.84. The van der Waals surface area contributed by atoms with Gasteiger partial charge < -0.3 is 0 Å². The number of anilines is 1. The molecule has 9 heteroatoms. The van der Waals surface area contributed by atoms with Crippen molar-refractivity contribution in [3.05, 3.63) is 53.1 Å². The molecular weight excluding hydrogens is 341 g/mol. The fourth-order valence-electron chi connectivity index (χ4n) is 1.82. The Bertz CT molecular complexity index is 790. The van der Waals surface area contributed by atoms with Crippen molar-refractivity contribution >= 4 is 27.5 Å². The standard InChI is InChI=1S/C13H10ClF3N2O2S/c14-12-7-10(19-22(18,20)21)5-6-11(12)8-1-3-9(4-2-8)13(15,16)17/h1-7,19H,(H2,18,20,21). The fourth-order valence-corrected chi connectivity index (χ4v) is 2.56. The van der Waals surface area contributed by atoms with Crippen molar-refractivity contribution < 1.29 is 21.6 Å². The number of rotatable bonds is 3. The first kappa shape index (κ1) is 16.6. The van der Waals surface area contributed by atoms with E-state index in [1.807, 2.05) is 4.72 Å². The molecule has 0 aliphatic heterocycles. The zero-order valence-corrected chi connectivity index (χ0v) is 12.4. The van der Waals surface area contributed by atoms with Gasteiger partial charge in [0.15, 0.2) is 0 Å². The molecule has 4 nitrogen and oxygen atoms in total. The van der Waals surface area contributed by atoms with Crippen molar-refractivity contribution in [3.63, 3.8) is 0 Å². The summed E-state index contributed by atoms with van der Waals surface area (Å²) in [4.78, 5) is 0. The maximum absolute atomic E-state index is 12.5. The molecule has 2 aromatic carbocycles. The van der Waals surface area contributed by atoms with Gasteiger partial charge in [-0.2, -0.15) is 21.6 Å². The van der Waals surface area contributed by atoms with Crippen LogP contribution < -0.4 is 9.86 Å². The molecule has 2 aromatic rings. The molecule has 0 saturated heterocycles. The van der Waals surface area contributed by atoms with Gasteiger partial charge in [-0.25, -0.2) is 5.14 Å². The first-order chi connectivity index (χ1) is 10.1. The van der Waals surface area contributed by atoms with Gasteiger partial charge in [-0.15, -0.1) is 0 Å². The van der Waals surface area contributed by atoms with Crippen LogP contribution >= 0.6 is 11.6 Å². The maximum atomic E-state index is 12.5. The van der Waals surface area contributed by atoms with Crippen LogP contribution in [0.25, 0.3) is 11.1 Å². The van der Waals surface area contributed by atoms with Crippen LogP contribution in [-0.4, -0.2) is 8.42 Å². The molecule has 118 valence electrons. The Morgan fingerprint density at radius 1 is 1.05 bits per heavy atom. The highest BCUT2D eigenvalue weighted by Crippen LogP contribution is 2.34. The van der Waals surface area contributed by atoms with E-state index in [9.17, 15) is 21.6 Å². The van der Waals surface area contributed by atoms with Gasteiger partial charge in [0.1, 0.15) is 0 Å². The van der Waals surface area contributed by atoms with Gasteiger partial charge in [0.25, 0.3) is 10.2 Å². The predicted molar refractivity (Wildman–Crippen MR) is 78.6 cm³/mol. The lowest BCUT2D eigenvalue weighted by Crippen LogP contribution is -2.21. The van der Waals surface area contributed by atoms with E-state index in [-0.39, 0.29) is 10.7 Å². The quantitative estimate of drug-likeness (QED) is 0.887. The van der Waals surface area contributed by atoms with E-state index in [0.29, 0.717) is 11.1 Å². The Morgan fingerprint density at radius 3 is 2.09 bits per heavy atom. The van der Waals surface area contributed by atoms with Crippen LogP contribution in [0.3, 0.4) is 0 Å². The van der Waals surface area contributed by atoms with Crippen LogP contribution in [0.4, 0.5) is 18.9 Å². The second-order valence-corrected chi connectivity index (χ2v) is 6.12. The second-order valence-electron chi connectivity index (χ2n) is 4.42. The van der Waals surface area contributed by atoms with E-state index < -0.39 is 21.9 Å². The van der Waals surface area contributed by atoms with Gasteiger partial charge >= 0.3 is 6.18 Å². The zero-order chi connectivity index (χ0) is 16.5. The Kier molecular flexibility index (Phi) is 4.37. The molecule has 0 aromatic heterocycles. The van der Waals surface area contributed by atoms with E-state index in [2.05, 4.69) is 0 Å². The summed E-state index contributed by atoms with van der Waals surface area (Å²) in [6.45, 7) is 0. The first-order valence-corrected chi connectivity index (χ1v) is 7.76. The highest BCUT2D eigenvalue weighted by atomic mass is 35.5. The molecular formula is C13H10ClF3N2O2S. The Hall–Kier alpha value is -1.77. The number of alkyl halides is 3. The lowest BCUT2D eigenvalue weighted by molar-refractivity contribution is -0.137. The average Bonchev–Trinajstić information content (AvgIpc) is 2.36. The minimum absolute atomic E-state index is 0.156. The summed E-state index contributed by atoms with van der Waals surface area (Å²) in [5.74, 6) is 0. The average molecular weight is 351 g/mol. The predicted octanol–water partition coefficient (Wildman–Crippen LogP) is 3.64. The van der Waals surface area contributed by atoms with Crippen LogP contribution in [0.5, 0.6) is 0 Å². The van der Waals surface area contributed by atoms with Gasteiger partial charge in [0.05, 0.1) is 16.3 Å². The van der Waals surface area contributed by atoms with Crippen molar-refractivity contribution in [2.24, 2.45) is 5.14 Å². The van der Waals surface area contributed by atoms with E-state index in [1.165, 1.54) is 30.3 Å². The summed E-state index contributed by atoms with van der Waals surface area (Å²) < 4.78 is 61.4. The maximum Gasteiger partial charge on any atom is 0.416 e. The Labute approximate surface area is 129 Å². The van der Waals surface area contributed by atoms with Gasteiger partial charge in [-0.05, 0) is 29.8 Å². The van der Waals surface area contributed by atoms with Crippen LogP contribution in [-0.2, 0) is 16.4 Å². The molecule has 0 bridgehead atoms. The molecule has 2 rings (SSSR count). The normalized spacial score (nSPS) is 12.2. The number of halogens is 4. The van der Waals surface area contributed by atoms with Crippen molar-refractivity contribution in [3.8, 4) is 11.1 Å². The van der Waals surface area contributed by atoms with Crippen LogP contribution in [0.15, 0.2) is 42.5 Å². The summed E-state index contributed by atoms with van der Waals surface area (Å²) in [6.07, 6.45) is -4.41. The number of nitrogens with two attached hydrogens (primary N) is 1. The van der Waals surface area contributed by atoms with Crippen LogP contribution in [0, 0.1) is 0 Å². The van der Waals surface area contributed by atoms with E-state index in [0.717, 1.165) is 12.1 Å². The molecule has 0 aliphatic rings. The number of benzene rings is 2. The monoisotopic (exact) mass is 350 g/mol. The van der Waals surface area contributed by atoms with Crippen molar-refractivity contribution in [2.45, 2.75) is 6.18 Å². The van der Waals surface area contributed by atoms with Crippen LogP contribution in [0.1, 0.15) is 5.56 Å². The highest BCUT2D eigenvalue weighted by molar-refractivity contribution is 7.90. The van der Waals surface area contributed by atoms with Crippen molar-refractivity contribution in [2.75, 3.05) is 4.72 Å². The van der Waals surface area contributed by atoms with E-state index in [1.54, 1.807) is 0 Å². The zero-order valence-electron chi connectivity index (χ0n) is 10.9. The summed E-state index contributed by atoms with van der Waals surface area (Å²) in [5, 5.41) is 5.01. The summed E-state index contributed by atoms with van der Waals surface area (Å²) in [6, 6.07) is 8.68. The largest absolute Gasteiger partial charge is 0.416 e. The molecule has 0 fully saturated rings. The van der Waals surface area contributed by atoms with Gasteiger partial charge in [-0.3, -0.25) is 4.72 Å². The Morgan fingerprint density at radius 2 is 1.64 bits per heavy atom. The third-order valence-electron chi connectivity index (χ3n) is 2.75. The summed E-state index contributed by atoms with van der Waals surface area (Å²) in [7, 11) is -3.93. The summed E-state index contributed by atoms with van der Waals surface area (Å²) in [5.41, 5.74) is 0.332. The molecule has 0 spiro atoms. The minimum Gasteiger partial charge on any atom is -0.271 e. The Balaban J connectivity index is 2.34. The van der Waals surface area contributed by atoms with E-state index >= 15 is 0 Å². The molecule has 3 N–H and O–H groups in total. The molecule has 22 heavy (non-hydrogen) atoms. The lowest BCUT2D eigenvalue weighted by Gasteiger charge is -2.10. The second kappa shape index (κ2) is 5.79. The third-order valence-corrected chi connectivity index (χ3v) is 3.59. The van der Waals surface area contributed by atoms with Gasteiger partial charge in [0.2, 0.25) is 0 Å². The number of nitrogens with one attached hydrogen (secondary N) is 1. The highest BCUT2D eigenvalue weighted by Gasteiger charge is 2.30. The molecule has 0 heterocycles. The molecule has 0 radical (unpaired) electrons. The number of hydrogen-bond acceptors (Lipinski definition) is 2. The molecule has 0 saturated carbocycles. The van der Waals surface area contributed by atoms with Crippen molar-refractivity contribution in [1.29, 1.82) is 0 Å². The van der Waals surface area contributed by atoms with Gasteiger partial charge in [0, 0.05) is 5.56 Å². The third kappa shape index (κ3) is 4.12.